The summed E-state index contributed by atoms with van der Waals surface area (Å²) in [5, 5.41) is 25.7. The van der Waals surface area contributed by atoms with Crippen molar-refractivity contribution >= 4 is 46.7 Å². The second kappa shape index (κ2) is 7.01. The number of nitrogens with one attached hydrogen (secondary N) is 2. The van der Waals surface area contributed by atoms with Crippen LogP contribution in [0.2, 0.25) is 0 Å². The van der Waals surface area contributed by atoms with Crippen LogP contribution in [0.1, 0.15) is 23.7 Å². The van der Waals surface area contributed by atoms with Crippen LogP contribution in [-0.2, 0) is 0 Å². The zero-order valence-corrected chi connectivity index (χ0v) is 14.7. The summed E-state index contributed by atoms with van der Waals surface area (Å²) >= 11 is 4.18. The van der Waals surface area contributed by atoms with Gasteiger partial charge in [-0.2, -0.15) is 4.73 Å². The summed E-state index contributed by atoms with van der Waals surface area (Å²) in [5.41, 5.74) is 1.27. The first-order chi connectivity index (χ1) is 12.4. The minimum Gasteiger partial charge on any atom is -0.492 e. The molecule has 0 radical (unpaired) electrons. The highest BCUT2D eigenvalue weighted by molar-refractivity contribution is 7.80. The van der Waals surface area contributed by atoms with E-state index in [0.717, 1.165) is 4.90 Å². The van der Waals surface area contributed by atoms with Gasteiger partial charge in [-0.15, -0.1) is 12.6 Å². The van der Waals surface area contributed by atoms with Crippen LogP contribution in [0.4, 0.5) is 16.2 Å². The maximum atomic E-state index is 12.1. The van der Waals surface area contributed by atoms with Crippen molar-refractivity contribution in [2.24, 2.45) is 0 Å². The summed E-state index contributed by atoms with van der Waals surface area (Å²) < 4.78 is 0.534. The fourth-order valence-corrected chi connectivity index (χ4v) is 2.78. The Morgan fingerprint density at radius 2 is 1.69 bits per heavy atom. The van der Waals surface area contributed by atoms with Gasteiger partial charge in [0.1, 0.15) is 0 Å². The van der Waals surface area contributed by atoms with Crippen LogP contribution in [0.25, 0.3) is 10.9 Å². The number of Topliss-reactive ketones (excluding diaryl/α,β-unsaturated/α-hetero) is 1. The van der Waals surface area contributed by atoms with Crippen molar-refractivity contribution in [3.8, 4) is 5.88 Å². The van der Waals surface area contributed by atoms with Crippen LogP contribution < -0.4 is 10.6 Å². The number of nitrogens with zero attached hydrogens (tertiary/aromatic N) is 1. The number of benzene rings is 2. The van der Waals surface area contributed by atoms with Crippen molar-refractivity contribution < 1.29 is 19.9 Å². The Hall–Kier alpha value is -3.13. The van der Waals surface area contributed by atoms with Gasteiger partial charge in [-0.25, -0.2) is 4.79 Å². The third kappa shape index (κ3) is 3.31. The van der Waals surface area contributed by atoms with Gasteiger partial charge in [-0.05, 0) is 42.5 Å². The lowest BCUT2D eigenvalue weighted by atomic mass is 10.1. The summed E-state index contributed by atoms with van der Waals surface area (Å²) in [4.78, 5) is 24.9. The molecule has 7 nitrogen and oxygen atoms in total. The molecule has 2 aromatic carbocycles. The number of carbonyl (C=O) groups is 2. The van der Waals surface area contributed by atoms with Crippen LogP contribution in [0.5, 0.6) is 5.88 Å². The van der Waals surface area contributed by atoms with Crippen molar-refractivity contribution in [3.63, 3.8) is 0 Å². The normalized spacial score (nSPS) is 10.7. The first-order valence-electron chi connectivity index (χ1n) is 7.87. The average Bonchev–Trinajstić information content (AvgIpc) is 2.87. The van der Waals surface area contributed by atoms with E-state index in [4.69, 9.17) is 0 Å². The molecular formula is C18H17N3O4S. The molecule has 8 heteroatoms. The van der Waals surface area contributed by atoms with Crippen molar-refractivity contribution in [1.29, 1.82) is 0 Å². The molecule has 1 heterocycles. The molecule has 0 bridgehead atoms. The molecule has 0 aliphatic rings. The molecule has 0 saturated heterocycles. The lowest BCUT2D eigenvalue weighted by Crippen LogP contribution is -2.19. The smallest absolute Gasteiger partial charge is 0.323 e. The maximum Gasteiger partial charge on any atom is 0.323 e. The number of rotatable bonds is 4. The molecule has 0 atom stereocenters. The van der Waals surface area contributed by atoms with Gasteiger partial charge >= 0.3 is 6.03 Å². The molecule has 2 amide bonds. The Bertz CT molecular complexity index is 996. The molecule has 26 heavy (non-hydrogen) atoms. The van der Waals surface area contributed by atoms with Gasteiger partial charge in [-0.3, -0.25) is 4.79 Å². The number of aromatic hydroxyl groups is 1. The Kier molecular flexibility index (Phi) is 4.77. The largest absolute Gasteiger partial charge is 0.492 e. The van der Waals surface area contributed by atoms with Crippen molar-refractivity contribution in [2.45, 2.75) is 18.2 Å². The number of fused-ring (bicyclic) bond motifs is 1. The molecule has 3 rings (SSSR count). The molecule has 0 fully saturated rings. The average molecular weight is 371 g/mol. The summed E-state index contributed by atoms with van der Waals surface area (Å²) in [6, 6.07) is 11.1. The summed E-state index contributed by atoms with van der Waals surface area (Å²) in [6.45, 7) is 1.67. The number of carbonyl (C=O) groups excluding carboxylic acids is 2. The van der Waals surface area contributed by atoms with Crippen molar-refractivity contribution in [3.05, 3.63) is 48.0 Å². The van der Waals surface area contributed by atoms with Crippen molar-refractivity contribution in [1.82, 2.24) is 4.73 Å². The second-order valence-corrected chi connectivity index (χ2v) is 6.16. The molecule has 134 valence electrons. The molecule has 0 aliphatic carbocycles. The van der Waals surface area contributed by atoms with E-state index in [0.29, 0.717) is 21.5 Å². The van der Waals surface area contributed by atoms with Gasteiger partial charge in [0.25, 0.3) is 0 Å². The third-order valence-corrected chi connectivity index (χ3v) is 4.20. The number of amides is 2. The summed E-state index contributed by atoms with van der Waals surface area (Å²) in [7, 11) is 0. The first-order valence-corrected chi connectivity index (χ1v) is 8.32. The van der Waals surface area contributed by atoms with Gasteiger partial charge in [0, 0.05) is 28.1 Å². The Labute approximate surface area is 154 Å². The molecule has 1 aromatic heterocycles. The van der Waals surface area contributed by atoms with Gasteiger partial charge in [0.05, 0.1) is 11.1 Å². The number of anilines is 2. The Morgan fingerprint density at radius 1 is 1.08 bits per heavy atom. The van der Waals surface area contributed by atoms with Crippen LogP contribution in [0.15, 0.2) is 47.4 Å². The van der Waals surface area contributed by atoms with Crippen LogP contribution in [0.3, 0.4) is 0 Å². The van der Waals surface area contributed by atoms with E-state index in [2.05, 4.69) is 23.3 Å². The highest BCUT2D eigenvalue weighted by Crippen LogP contribution is 2.32. The van der Waals surface area contributed by atoms with E-state index in [1.165, 1.54) is 6.07 Å². The monoisotopic (exact) mass is 371 g/mol. The standard InChI is InChI=1S/C18H17N3O4S/c1-2-15(22)16-13-8-5-11(9-14(13)21(25)17(16)23)20-18(24)19-10-3-6-12(26)7-4-10/h3-9,23,25-26H,2H2,1H3,(H2,19,20,24). The fraction of sp³-hybridized carbons (Fsp3) is 0.111. The van der Waals surface area contributed by atoms with E-state index >= 15 is 0 Å². The zero-order valence-electron chi connectivity index (χ0n) is 13.9. The number of aromatic nitrogens is 1. The molecule has 0 unspecified atom stereocenters. The van der Waals surface area contributed by atoms with Gasteiger partial charge in [-0.1, -0.05) is 6.92 Å². The van der Waals surface area contributed by atoms with Gasteiger partial charge in [0.15, 0.2) is 5.78 Å². The lowest BCUT2D eigenvalue weighted by molar-refractivity contribution is 0.0980. The lowest BCUT2D eigenvalue weighted by Gasteiger charge is -2.08. The molecule has 0 aliphatic heterocycles. The summed E-state index contributed by atoms with van der Waals surface area (Å²) in [6.07, 6.45) is 0.195. The third-order valence-electron chi connectivity index (χ3n) is 3.90. The van der Waals surface area contributed by atoms with E-state index in [1.54, 1.807) is 43.3 Å². The van der Waals surface area contributed by atoms with E-state index in [1.807, 2.05) is 0 Å². The predicted molar refractivity (Wildman–Crippen MR) is 102 cm³/mol. The second-order valence-electron chi connectivity index (χ2n) is 5.65. The SMILES string of the molecule is CCC(=O)c1c(O)n(O)c2cc(NC(=O)Nc3ccc(S)cc3)ccc12. The zero-order chi connectivity index (χ0) is 18.8. The number of ketones is 1. The highest BCUT2D eigenvalue weighted by Gasteiger charge is 2.21. The minimum absolute atomic E-state index is 0.0628. The van der Waals surface area contributed by atoms with Crippen molar-refractivity contribution in [2.75, 3.05) is 10.6 Å². The topological polar surface area (TPSA) is 104 Å². The first kappa shape index (κ1) is 17.7. The van der Waals surface area contributed by atoms with Gasteiger partial charge in [0.2, 0.25) is 5.88 Å². The van der Waals surface area contributed by atoms with Crippen LogP contribution in [-0.4, -0.2) is 26.9 Å². The number of hydrogen-bond donors (Lipinski definition) is 5. The fourth-order valence-electron chi connectivity index (χ4n) is 2.63. The van der Waals surface area contributed by atoms with E-state index in [-0.39, 0.29) is 23.3 Å². The maximum absolute atomic E-state index is 12.1. The van der Waals surface area contributed by atoms with Crippen LogP contribution >= 0.6 is 12.6 Å². The molecule has 0 saturated carbocycles. The molecular weight excluding hydrogens is 354 g/mol. The number of urea groups is 1. The predicted octanol–water partition coefficient (Wildman–Crippen LogP) is 4.11. The Morgan fingerprint density at radius 3 is 2.35 bits per heavy atom. The van der Waals surface area contributed by atoms with Gasteiger partial charge < -0.3 is 20.9 Å². The van der Waals surface area contributed by atoms with E-state index < -0.39 is 11.9 Å². The number of thiol groups is 1. The molecule has 0 spiro atoms. The van der Waals surface area contributed by atoms with E-state index in [9.17, 15) is 19.9 Å². The molecule has 3 aromatic rings. The molecule has 4 N–H and O–H groups in total. The quantitative estimate of drug-likeness (QED) is 0.270. The van der Waals surface area contributed by atoms with Crippen LogP contribution in [0, 0.1) is 0 Å². The number of hydrogen-bond acceptors (Lipinski definition) is 5. The summed E-state index contributed by atoms with van der Waals surface area (Å²) in [5.74, 6) is -0.799. The Balaban J connectivity index is 1.85. The minimum atomic E-state index is -0.514. The highest BCUT2D eigenvalue weighted by atomic mass is 32.1.